The normalized spacial score (nSPS) is 29.8. The summed E-state index contributed by atoms with van der Waals surface area (Å²) in [6.07, 6.45) is 10.1. The molecular weight excluding hydrogens is 344 g/mol. The Morgan fingerprint density at radius 1 is 0.741 bits per heavy atom. The maximum absolute atomic E-state index is 10.1. The van der Waals surface area contributed by atoms with Gasteiger partial charge in [0.25, 0.3) is 0 Å². The molecule has 1 heterocycles. The molecule has 5 nitrogen and oxygen atoms in total. The van der Waals surface area contributed by atoms with Crippen molar-refractivity contribution in [2.45, 2.75) is 129 Å². The number of aliphatic hydroxyl groups excluding tert-OH is 3. The van der Waals surface area contributed by atoms with Crippen LogP contribution in [-0.2, 0) is 9.47 Å². The van der Waals surface area contributed by atoms with Crippen molar-refractivity contribution >= 4 is 0 Å². The Hall–Kier alpha value is -0.200. The lowest BCUT2D eigenvalue weighted by Crippen LogP contribution is -2.57. The van der Waals surface area contributed by atoms with Crippen LogP contribution in [0.4, 0.5) is 0 Å². The van der Waals surface area contributed by atoms with E-state index in [1.165, 1.54) is 64.2 Å². The van der Waals surface area contributed by atoms with Crippen LogP contribution in [-0.4, -0.2) is 52.6 Å². The van der Waals surface area contributed by atoms with Crippen molar-refractivity contribution in [2.75, 3.05) is 6.61 Å². The highest BCUT2D eigenvalue weighted by Gasteiger charge is 2.42. The molecule has 0 aromatic carbocycles. The van der Waals surface area contributed by atoms with Crippen LogP contribution in [0.25, 0.3) is 0 Å². The summed E-state index contributed by atoms with van der Waals surface area (Å²) in [6.45, 7) is 6.69. The maximum Gasteiger partial charge on any atom is 0.186 e. The molecule has 1 saturated heterocycles. The van der Waals surface area contributed by atoms with E-state index in [-0.39, 0.29) is 0 Å². The largest absolute Gasteiger partial charge is 0.388 e. The second-order valence-electron chi connectivity index (χ2n) is 8.29. The van der Waals surface area contributed by atoms with Gasteiger partial charge in [0, 0.05) is 0 Å². The fourth-order valence-corrected chi connectivity index (χ4v) is 3.77. The number of rotatable bonds is 15. The zero-order chi connectivity index (χ0) is 20.1. The summed E-state index contributed by atoms with van der Waals surface area (Å²) in [5.41, 5.74) is 0. The van der Waals surface area contributed by atoms with E-state index in [1.807, 2.05) is 0 Å². The van der Waals surface area contributed by atoms with E-state index in [0.29, 0.717) is 12.5 Å². The summed E-state index contributed by atoms with van der Waals surface area (Å²) in [7, 11) is 0. The molecule has 0 spiro atoms. The Morgan fingerprint density at radius 3 is 1.85 bits per heavy atom. The molecular formula is C22H44O5. The SMILES string of the molecule is CCCCCCCCC(CCCCCC)COC1O[C@@H](C)[C@H](O)[C@@H](O)[C@H]1O. The van der Waals surface area contributed by atoms with Crippen molar-refractivity contribution in [1.29, 1.82) is 0 Å². The van der Waals surface area contributed by atoms with Gasteiger partial charge in [-0.3, -0.25) is 0 Å². The molecule has 2 unspecified atom stereocenters. The van der Waals surface area contributed by atoms with Gasteiger partial charge in [-0.05, 0) is 25.7 Å². The number of unbranched alkanes of at least 4 members (excludes halogenated alkanes) is 8. The molecule has 1 aliphatic rings. The van der Waals surface area contributed by atoms with Crippen LogP contribution in [0.5, 0.6) is 0 Å². The van der Waals surface area contributed by atoms with Crippen LogP contribution in [0.15, 0.2) is 0 Å². The minimum absolute atomic E-state index is 0.461. The van der Waals surface area contributed by atoms with Gasteiger partial charge in [-0.1, -0.05) is 78.1 Å². The van der Waals surface area contributed by atoms with Gasteiger partial charge in [0.05, 0.1) is 12.7 Å². The second kappa shape index (κ2) is 14.7. The summed E-state index contributed by atoms with van der Waals surface area (Å²) in [4.78, 5) is 0. The quantitative estimate of drug-likeness (QED) is 0.367. The lowest BCUT2D eigenvalue weighted by molar-refractivity contribution is -0.295. The van der Waals surface area contributed by atoms with Crippen molar-refractivity contribution < 1.29 is 24.8 Å². The fourth-order valence-electron chi connectivity index (χ4n) is 3.77. The van der Waals surface area contributed by atoms with Crippen molar-refractivity contribution in [2.24, 2.45) is 5.92 Å². The predicted octanol–water partition coefficient (Wildman–Crippen LogP) is 4.17. The molecule has 1 rings (SSSR count). The Morgan fingerprint density at radius 2 is 1.26 bits per heavy atom. The van der Waals surface area contributed by atoms with E-state index in [9.17, 15) is 15.3 Å². The van der Waals surface area contributed by atoms with Crippen LogP contribution >= 0.6 is 0 Å². The van der Waals surface area contributed by atoms with E-state index >= 15 is 0 Å². The lowest BCUT2D eigenvalue weighted by atomic mass is 9.94. The first kappa shape index (κ1) is 24.8. The predicted molar refractivity (Wildman–Crippen MR) is 109 cm³/mol. The molecule has 27 heavy (non-hydrogen) atoms. The summed E-state index contributed by atoms with van der Waals surface area (Å²) in [5, 5.41) is 29.9. The number of hydrogen-bond acceptors (Lipinski definition) is 5. The van der Waals surface area contributed by atoms with Crippen LogP contribution < -0.4 is 0 Å². The minimum Gasteiger partial charge on any atom is -0.388 e. The van der Waals surface area contributed by atoms with Crippen molar-refractivity contribution in [1.82, 2.24) is 0 Å². The van der Waals surface area contributed by atoms with Crippen LogP contribution in [0, 0.1) is 5.92 Å². The molecule has 162 valence electrons. The monoisotopic (exact) mass is 388 g/mol. The van der Waals surface area contributed by atoms with Gasteiger partial charge in [-0.2, -0.15) is 0 Å². The van der Waals surface area contributed by atoms with E-state index in [2.05, 4.69) is 13.8 Å². The highest BCUT2D eigenvalue weighted by atomic mass is 16.7. The minimum atomic E-state index is -1.22. The van der Waals surface area contributed by atoms with Gasteiger partial charge in [0.2, 0.25) is 0 Å². The Kier molecular flexibility index (Phi) is 13.6. The summed E-state index contributed by atoms with van der Waals surface area (Å²) >= 11 is 0. The number of ether oxygens (including phenoxy) is 2. The Balaban J connectivity index is 2.39. The first-order valence-electron chi connectivity index (χ1n) is 11.3. The van der Waals surface area contributed by atoms with Gasteiger partial charge in [0.1, 0.15) is 18.3 Å². The van der Waals surface area contributed by atoms with Gasteiger partial charge >= 0.3 is 0 Å². The third-order valence-corrected chi connectivity index (χ3v) is 5.74. The number of aliphatic hydroxyl groups is 3. The van der Waals surface area contributed by atoms with Crippen molar-refractivity contribution in [3.63, 3.8) is 0 Å². The van der Waals surface area contributed by atoms with Crippen LogP contribution in [0.3, 0.4) is 0 Å². The summed E-state index contributed by atoms with van der Waals surface area (Å²) in [5.74, 6) is 0.461. The molecule has 6 atom stereocenters. The van der Waals surface area contributed by atoms with Gasteiger partial charge < -0.3 is 24.8 Å². The lowest BCUT2D eigenvalue weighted by Gasteiger charge is -2.39. The maximum atomic E-state index is 10.1. The van der Waals surface area contributed by atoms with Crippen molar-refractivity contribution in [3.8, 4) is 0 Å². The molecule has 0 bridgehead atoms. The average Bonchev–Trinajstić information content (AvgIpc) is 2.67. The molecule has 1 aliphatic heterocycles. The third kappa shape index (κ3) is 9.71. The zero-order valence-electron chi connectivity index (χ0n) is 17.8. The van der Waals surface area contributed by atoms with Gasteiger partial charge in [-0.15, -0.1) is 0 Å². The Labute approximate surface area is 166 Å². The molecule has 0 amide bonds. The molecule has 0 aromatic rings. The van der Waals surface area contributed by atoms with E-state index in [0.717, 1.165) is 12.8 Å². The topological polar surface area (TPSA) is 79.2 Å². The standard InChI is InChI=1S/C22H44O5/c1-4-6-8-10-11-13-15-18(14-12-9-7-5-2)16-26-22-21(25)20(24)19(23)17(3)27-22/h17-25H,4-16H2,1-3H3/t17-,18?,19-,20+,21+,22?/m0/s1. The molecule has 0 aliphatic carbocycles. The molecule has 0 saturated carbocycles. The fraction of sp³-hybridized carbons (Fsp3) is 1.00. The van der Waals surface area contributed by atoms with Crippen LogP contribution in [0.2, 0.25) is 0 Å². The second-order valence-corrected chi connectivity index (χ2v) is 8.29. The molecule has 5 heteroatoms. The van der Waals surface area contributed by atoms with Crippen molar-refractivity contribution in [3.05, 3.63) is 0 Å². The first-order valence-corrected chi connectivity index (χ1v) is 11.3. The molecule has 0 radical (unpaired) electrons. The van der Waals surface area contributed by atoms with E-state index in [1.54, 1.807) is 6.92 Å². The Bertz CT molecular complexity index is 352. The number of hydrogen-bond donors (Lipinski definition) is 3. The van der Waals surface area contributed by atoms with Crippen LogP contribution in [0.1, 0.15) is 97.8 Å². The van der Waals surface area contributed by atoms with Gasteiger partial charge in [-0.25, -0.2) is 0 Å². The average molecular weight is 389 g/mol. The highest BCUT2D eigenvalue weighted by molar-refractivity contribution is 4.87. The summed E-state index contributed by atoms with van der Waals surface area (Å²) in [6, 6.07) is 0. The van der Waals surface area contributed by atoms with E-state index < -0.39 is 30.7 Å². The smallest absolute Gasteiger partial charge is 0.186 e. The summed E-state index contributed by atoms with van der Waals surface area (Å²) < 4.78 is 11.4. The molecule has 0 aromatic heterocycles. The van der Waals surface area contributed by atoms with Gasteiger partial charge in [0.15, 0.2) is 6.29 Å². The first-order chi connectivity index (χ1) is 13.0. The highest BCUT2D eigenvalue weighted by Crippen LogP contribution is 2.25. The molecule has 1 fully saturated rings. The zero-order valence-corrected chi connectivity index (χ0v) is 17.8. The van der Waals surface area contributed by atoms with E-state index in [4.69, 9.17) is 9.47 Å². The molecule has 3 N–H and O–H groups in total. The third-order valence-electron chi connectivity index (χ3n) is 5.74.